The summed E-state index contributed by atoms with van der Waals surface area (Å²) in [6.07, 6.45) is 3.31. The minimum atomic E-state index is -1.01. The van der Waals surface area contributed by atoms with Crippen LogP contribution < -0.4 is 0 Å². The maximum atomic E-state index is 12.2. The molecule has 1 amide bonds. The molecule has 1 aliphatic heterocycles. The SMILES string of the molecule is CC1(C)CCN(C(=O)c2cn(CC(=O)O)nn2)CC1. The lowest BCUT2D eigenvalue weighted by Gasteiger charge is -2.36. The monoisotopic (exact) mass is 266 g/mol. The van der Waals surface area contributed by atoms with Gasteiger partial charge in [-0.15, -0.1) is 5.10 Å². The Morgan fingerprint density at radius 3 is 2.58 bits per heavy atom. The highest BCUT2D eigenvalue weighted by Crippen LogP contribution is 2.30. The summed E-state index contributed by atoms with van der Waals surface area (Å²) in [5.74, 6) is -1.18. The molecule has 1 aromatic heterocycles. The zero-order chi connectivity index (χ0) is 14.0. The second-order valence-electron chi connectivity index (χ2n) is 5.65. The highest BCUT2D eigenvalue weighted by Gasteiger charge is 2.29. The van der Waals surface area contributed by atoms with Crippen LogP contribution in [-0.2, 0) is 11.3 Å². The molecule has 0 bridgehead atoms. The van der Waals surface area contributed by atoms with Gasteiger partial charge in [0.1, 0.15) is 6.54 Å². The lowest BCUT2D eigenvalue weighted by molar-refractivity contribution is -0.137. The van der Waals surface area contributed by atoms with Crippen LogP contribution in [0.2, 0.25) is 0 Å². The molecule has 0 aromatic carbocycles. The number of likely N-dealkylation sites (tertiary alicyclic amines) is 1. The lowest BCUT2D eigenvalue weighted by Crippen LogP contribution is -2.41. The number of hydrogen-bond acceptors (Lipinski definition) is 4. The number of carboxylic acid groups (broad SMARTS) is 1. The van der Waals surface area contributed by atoms with Crippen molar-refractivity contribution < 1.29 is 14.7 Å². The van der Waals surface area contributed by atoms with E-state index >= 15 is 0 Å². The molecule has 7 heteroatoms. The number of nitrogens with zero attached hydrogens (tertiary/aromatic N) is 4. The van der Waals surface area contributed by atoms with E-state index in [1.807, 2.05) is 0 Å². The van der Waals surface area contributed by atoms with E-state index < -0.39 is 5.97 Å². The first-order valence-corrected chi connectivity index (χ1v) is 6.29. The molecule has 0 unspecified atom stereocenters. The molecular weight excluding hydrogens is 248 g/mol. The average molecular weight is 266 g/mol. The molecular formula is C12H18N4O3. The first-order valence-electron chi connectivity index (χ1n) is 6.29. The van der Waals surface area contributed by atoms with Crippen molar-refractivity contribution in [3.8, 4) is 0 Å². The van der Waals surface area contributed by atoms with E-state index in [0.717, 1.165) is 17.5 Å². The fourth-order valence-corrected chi connectivity index (χ4v) is 2.09. The van der Waals surface area contributed by atoms with Gasteiger partial charge in [0.15, 0.2) is 5.69 Å². The highest BCUT2D eigenvalue weighted by molar-refractivity contribution is 5.92. The summed E-state index contributed by atoms with van der Waals surface area (Å²) >= 11 is 0. The molecule has 0 radical (unpaired) electrons. The van der Waals surface area contributed by atoms with Crippen LogP contribution in [0.5, 0.6) is 0 Å². The standard InChI is InChI=1S/C12H18N4O3/c1-12(2)3-5-15(6-4-12)11(19)9-7-16(14-13-9)8-10(17)18/h7H,3-6,8H2,1-2H3,(H,17,18). The van der Waals surface area contributed by atoms with E-state index in [-0.39, 0.29) is 23.6 Å². The van der Waals surface area contributed by atoms with Gasteiger partial charge in [0.05, 0.1) is 6.20 Å². The Bertz CT molecular complexity index is 485. The predicted molar refractivity (Wildman–Crippen MR) is 66.6 cm³/mol. The van der Waals surface area contributed by atoms with Crippen molar-refractivity contribution in [2.45, 2.75) is 33.2 Å². The summed E-state index contributed by atoms with van der Waals surface area (Å²) < 4.78 is 1.16. The summed E-state index contributed by atoms with van der Waals surface area (Å²) in [4.78, 5) is 24.5. The molecule has 1 aliphatic rings. The van der Waals surface area contributed by atoms with Gasteiger partial charge in [-0.2, -0.15) is 0 Å². The predicted octanol–water partition coefficient (Wildman–Crippen LogP) is 0.625. The van der Waals surface area contributed by atoms with Crippen LogP contribution in [0.15, 0.2) is 6.20 Å². The van der Waals surface area contributed by atoms with Crippen molar-refractivity contribution in [1.29, 1.82) is 0 Å². The number of aromatic nitrogens is 3. The Kier molecular flexibility index (Phi) is 3.55. The molecule has 1 saturated heterocycles. The molecule has 104 valence electrons. The van der Waals surface area contributed by atoms with E-state index in [9.17, 15) is 9.59 Å². The van der Waals surface area contributed by atoms with Crippen molar-refractivity contribution >= 4 is 11.9 Å². The van der Waals surface area contributed by atoms with Crippen LogP contribution in [-0.4, -0.2) is 50.0 Å². The van der Waals surface area contributed by atoms with Gasteiger partial charge in [-0.05, 0) is 18.3 Å². The van der Waals surface area contributed by atoms with Crippen LogP contribution in [0.3, 0.4) is 0 Å². The summed E-state index contributed by atoms with van der Waals surface area (Å²) in [5, 5.41) is 16.0. The number of rotatable bonds is 3. The number of carbonyl (C=O) groups excluding carboxylic acids is 1. The molecule has 19 heavy (non-hydrogen) atoms. The fourth-order valence-electron chi connectivity index (χ4n) is 2.09. The fraction of sp³-hybridized carbons (Fsp3) is 0.667. The molecule has 0 aliphatic carbocycles. The second kappa shape index (κ2) is 4.99. The van der Waals surface area contributed by atoms with Gasteiger partial charge < -0.3 is 10.0 Å². The van der Waals surface area contributed by atoms with E-state index in [0.29, 0.717) is 13.1 Å². The maximum absolute atomic E-state index is 12.2. The van der Waals surface area contributed by atoms with Crippen LogP contribution >= 0.6 is 0 Å². The van der Waals surface area contributed by atoms with Gasteiger partial charge in [0.2, 0.25) is 0 Å². The van der Waals surface area contributed by atoms with Crippen molar-refractivity contribution in [3.05, 3.63) is 11.9 Å². The quantitative estimate of drug-likeness (QED) is 0.866. The topological polar surface area (TPSA) is 88.3 Å². The molecule has 0 saturated carbocycles. The zero-order valence-corrected chi connectivity index (χ0v) is 11.2. The first-order chi connectivity index (χ1) is 8.87. The number of amides is 1. The Morgan fingerprint density at radius 2 is 2.00 bits per heavy atom. The molecule has 1 fully saturated rings. The van der Waals surface area contributed by atoms with Crippen LogP contribution in [0, 0.1) is 5.41 Å². The van der Waals surface area contributed by atoms with Gasteiger partial charge in [0, 0.05) is 13.1 Å². The van der Waals surface area contributed by atoms with Crippen molar-refractivity contribution in [2.24, 2.45) is 5.41 Å². The summed E-state index contributed by atoms with van der Waals surface area (Å²) in [6, 6.07) is 0. The van der Waals surface area contributed by atoms with Crippen molar-refractivity contribution in [3.63, 3.8) is 0 Å². The summed E-state index contributed by atoms with van der Waals surface area (Å²) in [5.41, 5.74) is 0.485. The highest BCUT2D eigenvalue weighted by atomic mass is 16.4. The molecule has 2 heterocycles. The smallest absolute Gasteiger partial charge is 0.325 e. The minimum Gasteiger partial charge on any atom is -0.480 e. The number of carboxylic acids is 1. The van der Waals surface area contributed by atoms with Crippen LogP contribution in [0.4, 0.5) is 0 Å². The van der Waals surface area contributed by atoms with E-state index in [2.05, 4.69) is 24.2 Å². The van der Waals surface area contributed by atoms with E-state index in [1.54, 1.807) is 4.90 Å². The van der Waals surface area contributed by atoms with Crippen molar-refractivity contribution in [2.75, 3.05) is 13.1 Å². The number of aliphatic carboxylic acids is 1. The second-order valence-corrected chi connectivity index (χ2v) is 5.65. The molecule has 1 N–H and O–H groups in total. The molecule has 1 aromatic rings. The molecule has 2 rings (SSSR count). The third-order valence-corrected chi connectivity index (χ3v) is 3.46. The first kappa shape index (κ1) is 13.5. The Morgan fingerprint density at radius 1 is 1.37 bits per heavy atom. The lowest BCUT2D eigenvalue weighted by atomic mass is 9.82. The number of piperidine rings is 1. The largest absolute Gasteiger partial charge is 0.480 e. The third kappa shape index (κ3) is 3.30. The minimum absolute atomic E-state index is 0.174. The Labute approximate surface area is 111 Å². The molecule has 7 nitrogen and oxygen atoms in total. The molecule has 0 atom stereocenters. The maximum Gasteiger partial charge on any atom is 0.325 e. The van der Waals surface area contributed by atoms with Gasteiger partial charge in [-0.3, -0.25) is 9.59 Å². The van der Waals surface area contributed by atoms with Gasteiger partial charge in [0.25, 0.3) is 5.91 Å². The van der Waals surface area contributed by atoms with Gasteiger partial charge in [-0.1, -0.05) is 19.1 Å². The summed E-state index contributed by atoms with van der Waals surface area (Å²) in [7, 11) is 0. The van der Waals surface area contributed by atoms with Crippen LogP contribution in [0.1, 0.15) is 37.2 Å². The van der Waals surface area contributed by atoms with Gasteiger partial charge >= 0.3 is 5.97 Å². The van der Waals surface area contributed by atoms with E-state index in [4.69, 9.17) is 5.11 Å². The Hall–Kier alpha value is -1.92. The average Bonchev–Trinajstić information content (AvgIpc) is 2.75. The zero-order valence-electron chi connectivity index (χ0n) is 11.2. The summed E-state index contributed by atoms with van der Waals surface area (Å²) in [6.45, 7) is 5.51. The van der Waals surface area contributed by atoms with Gasteiger partial charge in [-0.25, -0.2) is 4.68 Å². The number of hydrogen-bond donors (Lipinski definition) is 1. The third-order valence-electron chi connectivity index (χ3n) is 3.46. The number of carbonyl (C=O) groups is 2. The Balaban J connectivity index is 2.00. The van der Waals surface area contributed by atoms with E-state index in [1.165, 1.54) is 6.20 Å². The normalized spacial score (nSPS) is 18.3. The van der Waals surface area contributed by atoms with Crippen LogP contribution in [0.25, 0.3) is 0 Å². The van der Waals surface area contributed by atoms with Crippen molar-refractivity contribution in [1.82, 2.24) is 19.9 Å². The molecule has 0 spiro atoms.